The lowest BCUT2D eigenvalue weighted by molar-refractivity contribution is -0.115. The van der Waals surface area contributed by atoms with Crippen LogP contribution in [0.3, 0.4) is 0 Å². The van der Waals surface area contributed by atoms with Gasteiger partial charge in [-0.25, -0.2) is 9.37 Å². The topological polar surface area (TPSA) is 57.8 Å². The maximum atomic E-state index is 12.9. The first-order valence-corrected chi connectivity index (χ1v) is 8.15. The van der Waals surface area contributed by atoms with E-state index in [-0.39, 0.29) is 17.0 Å². The largest absolute Gasteiger partial charge is 0.333 e. The van der Waals surface area contributed by atoms with Crippen LogP contribution < -0.4 is 5.32 Å². The minimum atomic E-state index is -0.365. The van der Waals surface area contributed by atoms with Gasteiger partial charge in [0.15, 0.2) is 5.16 Å². The van der Waals surface area contributed by atoms with Crippen molar-refractivity contribution in [3.05, 3.63) is 53.3 Å². The number of H-pyrrole nitrogens is 1. The van der Waals surface area contributed by atoms with Crippen molar-refractivity contribution in [3.63, 3.8) is 0 Å². The number of aromatic nitrogens is 2. The van der Waals surface area contributed by atoms with Gasteiger partial charge in [-0.15, -0.1) is 0 Å². The Balaban J connectivity index is 1.68. The normalized spacial score (nSPS) is 12.3. The molecule has 2 N–H and O–H groups in total. The van der Waals surface area contributed by atoms with Gasteiger partial charge in [-0.1, -0.05) is 23.4 Å². The molecule has 0 spiro atoms. The van der Waals surface area contributed by atoms with Gasteiger partial charge in [0.1, 0.15) is 5.82 Å². The van der Waals surface area contributed by atoms with Crippen molar-refractivity contribution in [1.82, 2.24) is 9.97 Å². The first kappa shape index (κ1) is 15.8. The number of thioether (sulfide) groups is 1. The van der Waals surface area contributed by atoms with E-state index >= 15 is 0 Å². The van der Waals surface area contributed by atoms with E-state index in [4.69, 9.17) is 11.6 Å². The average Bonchev–Trinajstić information content (AvgIpc) is 2.90. The van der Waals surface area contributed by atoms with Crippen LogP contribution >= 0.6 is 23.4 Å². The third-order valence-electron chi connectivity index (χ3n) is 3.19. The SMILES string of the molecule is C[C@H](Sc1nc2ccc(Cl)cc2[nH]1)C(=O)Nc1ccc(F)cc1. The first-order valence-electron chi connectivity index (χ1n) is 6.89. The summed E-state index contributed by atoms with van der Waals surface area (Å²) < 4.78 is 12.9. The summed E-state index contributed by atoms with van der Waals surface area (Å²) in [5.74, 6) is -0.522. The van der Waals surface area contributed by atoms with Crippen LogP contribution in [0.1, 0.15) is 6.92 Å². The monoisotopic (exact) mass is 349 g/mol. The van der Waals surface area contributed by atoms with Gasteiger partial charge < -0.3 is 10.3 Å². The molecule has 118 valence electrons. The molecule has 2 aromatic carbocycles. The van der Waals surface area contributed by atoms with Crippen LogP contribution in [0, 0.1) is 5.82 Å². The molecule has 23 heavy (non-hydrogen) atoms. The second-order valence-electron chi connectivity index (χ2n) is 4.96. The van der Waals surface area contributed by atoms with Crippen molar-refractivity contribution in [2.24, 2.45) is 0 Å². The van der Waals surface area contributed by atoms with Crippen LogP contribution in [-0.4, -0.2) is 21.1 Å². The van der Waals surface area contributed by atoms with Crippen LogP contribution in [0.25, 0.3) is 11.0 Å². The number of nitrogens with one attached hydrogen (secondary N) is 2. The minimum absolute atomic E-state index is 0.180. The highest BCUT2D eigenvalue weighted by atomic mass is 35.5. The number of amides is 1. The molecule has 0 aliphatic heterocycles. The molecule has 3 rings (SSSR count). The highest BCUT2D eigenvalue weighted by Crippen LogP contribution is 2.25. The predicted molar refractivity (Wildman–Crippen MR) is 91.5 cm³/mol. The van der Waals surface area contributed by atoms with Crippen LogP contribution in [-0.2, 0) is 4.79 Å². The number of aromatic amines is 1. The minimum Gasteiger partial charge on any atom is -0.333 e. The number of fused-ring (bicyclic) bond motifs is 1. The third kappa shape index (κ3) is 3.83. The highest BCUT2D eigenvalue weighted by Gasteiger charge is 2.17. The fourth-order valence-electron chi connectivity index (χ4n) is 2.01. The Kier molecular flexibility index (Phi) is 4.54. The predicted octanol–water partition coefficient (Wildman–Crippen LogP) is 4.47. The number of carbonyl (C=O) groups excluding carboxylic acids is 1. The van der Waals surface area contributed by atoms with Gasteiger partial charge in [-0.05, 0) is 49.4 Å². The molecule has 0 saturated carbocycles. The van der Waals surface area contributed by atoms with E-state index in [1.807, 2.05) is 6.07 Å². The maximum absolute atomic E-state index is 12.9. The zero-order valence-electron chi connectivity index (χ0n) is 12.1. The number of hydrogen-bond acceptors (Lipinski definition) is 3. The summed E-state index contributed by atoms with van der Waals surface area (Å²) in [5, 5.41) is 3.65. The van der Waals surface area contributed by atoms with Gasteiger partial charge in [0.05, 0.1) is 16.3 Å². The number of rotatable bonds is 4. The second-order valence-corrected chi connectivity index (χ2v) is 6.73. The molecular weight excluding hydrogens is 337 g/mol. The maximum Gasteiger partial charge on any atom is 0.237 e. The molecule has 7 heteroatoms. The number of imidazole rings is 1. The average molecular weight is 350 g/mol. The lowest BCUT2D eigenvalue weighted by Gasteiger charge is -2.10. The van der Waals surface area contributed by atoms with Crippen molar-refractivity contribution in [2.75, 3.05) is 5.32 Å². The summed E-state index contributed by atoms with van der Waals surface area (Å²) in [6, 6.07) is 11.0. The van der Waals surface area contributed by atoms with E-state index in [1.54, 1.807) is 19.1 Å². The van der Waals surface area contributed by atoms with E-state index in [9.17, 15) is 9.18 Å². The number of benzene rings is 2. The molecule has 1 aromatic heterocycles. The van der Waals surface area contributed by atoms with E-state index in [0.717, 1.165) is 11.0 Å². The Hall–Kier alpha value is -2.05. The van der Waals surface area contributed by atoms with Crippen molar-refractivity contribution >= 4 is 46.0 Å². The molecule has 4 nitrogen and oxygen atoms in total. The lowest BCUT2D eigenvalue weighted by atomic mass is 10.3. The Bertz CT molecular complexity index is 850. The van der Waals surface area contributed by atoms with Crippen LogP contribution in [0.15, 0.2) is 47.6 Å². The van der Waals surface area contributed by atoms with E-state index in [1.165, 1.54) is 36.0 Å². The summed E-state index contributed by atoms with van der Waals surface area (Å²) in [7, 11) is 0. The summed E-state index contributed by atoms with van der Waals surface area (Å²) >= 11 is 7.25. The smallest absolute Gasteiger partial charge is 0.237 e. The summed E-state index contributed by atoms with van der Waals surface area (Å²) in [6.45, 7) is 1.78. The van der Waals surface area contributed by atoms with E-state index in [2.05, 4.69) is 15.3 Å². The summed E-state index contributed by atoms with van der Waals surface area (Å²) in [4.78, 5) is 19.7. The fraction of sp³-hybridized carbons (Fsp3) is 0.125. The molecular formula is C16H13ClFN3OS. The molecule has 0 aliphatic rings. The zero-order valence-corrected chi connectivity index (χ0v) is 13.7. The molecule has 0 aliphatic carbocycles. The molecule has 0 bridgehead atoms. The van der Waals surface area contributed by atoms with Gasteiger partial charge in [0, 0.05) is 10.7 Å². The second kappa shape index (κ2) is 6.60. The fourth-order valence-corrected chi connectivity index (χ4v) is 3.01. The van der Waals surface area contributed by atoms with Gasteiger partial charge in [0.25, 0.3) is 0 Å². The van der Waals surface area contributed by atoms with E-state index < -0.39 is 0 Å². The van der Waals surface area contributed by atoms with Crippen LogP contribution in [0.4, 0.5) is 10.1 Å². The molecule has 1 heterocycles. The molecule has 0 fully saturated rings. The lowest BCUT2D eigenvalue weighted by Crippen LogP contribution is -2.22. The van der Waals surface area contributed by atoms with E-state index in [0.29, 0.717) is 15.9 Å². The molecule has 0 radical (unpaired) electrons. The number of nitrogens with zero attached hydrogens (tertiary/aromatic N) is 1. The number of anilines is 1. The Labute approximate surface area is 141 Å². The third-order valence-corrected chi connectivity index (χ3v) is 4.41. The Morgan fingerprint density at radius 3 is 2.78 bits per heavy atom. The van der Waals surface area contributed by atoms with Crippen molar-refractivity contribution in [3.8, 4) is 0 Å². The summed E-state index contributed by atoms with van der Waals surface area (Å²) in [6.07, 6.45) is 0. The number of carbonyl (C=O) groups is 1. The molecule has 1 amide bonds. The quantitative estimate of drug-likeness (QED) is 0.683. The van der Waals surface area contributed by atoms with Crippen molar-refractivity contribution in [1.29, 1.82) is 0 Å². The Morgan fingerprint density at radius 2 is 2.04 bits per heavy atom. The van der Waals surface area contributed by atoms with Gasteiger partial charge in [-0.3, -0.25) is 4.79 Å². The molecule has 1 atom stereocenters. The van der Waals surface area contributed by atoms with Crippen LogP contribution in [0.5, 0.6) is 0 Å². The molecule has 0 unspecified atom stereocenters. The van der Waals surface area contributed by atoms with Gasteiger partial charge in [0.2, 0.25) is 5.91 Å². The first-order chi connectivity index (χ1) is 11.0. The highest BCUT2D eigenvalue weighted by molar-refractivity contribution is 8.00. The van der Waals surface area contributed by atoms with Gasteiger partial charge >= 0.3 is 0 Å². The van der Waals surface area contributed by atoms with Crippen molar-refractivity contribution < 1.29 is 9.18 Å². The summed E-state index contributed by atoms with van der Waals surface area (Å²) in [5.41, 5.74) is 2.18. The number of halogens is 2. The molecule has 0 saturated heterocycles. The standard InChI is InChI=1S/C16H13ClFN3OS/c1-9(15(22)19-12-5-3-11(18)4-6-12)23-16-20-13-7-2-10(17)8-14(13)21-16/h2-9H,1H3,(H,19,22)(H,20,21)/t9-/m0/s1. The van der Waals surface area contributed by atoms with Gasteiger partial charge in [-0.2, -0.15) is 0 Å². The zero-order chi connectivity index (χ0) is 16.4. The van der Waals surface area contributed by atoms with Crippen LogP contribution in [0.2, 0.25) is 5.02 Å². The Morgan fingerprint density at radius 1 is 1.30 bits per heavy atom. The van der Waals surface area contributed by atoms with Crippen molar-refractivity contribution in [2.45, 2.75) is 17.3 Å². The molecule has 3 aromatic rings. The number of hydrogen-bond donors (Lipinski definition) is 2.